The van der Waals surface area contributed by atoms with Gasteiger partial charge < -0.3 is 50.0 Å². The van der Waals surface area contributed by atoms with Gasteiger partial charge >= 0.3 is 10.4 Å². The van der Waals surface area contributed by atoms with Gasteiger partial charge in [-0.2, -0.15) is 8.42 Å². The summed E-state index contributed by atoms with van der Waals surface area (Å²) < 4.78 is 50.0. The molecule has 0 saturated carbocycles. The van der Waals surface area contributed by atoms with Gasteiger partial charge in [0, 0.05) is 0 Å². The third-order valence-electron chi connectivity index (χ3n) is 4.19. The van der Waals surface area contributed by atoms with Crippen LogP contribution in [0.2, 0.25) is 0 Å². The van der Waals surface area contributed by atoms with Gasteiger partial charge in [0.25, 0.3) is 0 Å². The molecule has 10 atom stereocenters. The standard InChI is InChI=1S/C12H22O14S/c13-1-3-5(15)10(26-27(20,21)22)8(18)12(24-3)25-9-4(2-14)23-11(19)7(17)6(9)16/h3-19H,1-2H2,(H,20,21,22)/t3-,4-,5+,6-,7-,8-,9-,10+,11+,12+/m1/s1. The normalized spacial score (nSPS) is 46.4. The first-order chi connectivity index (χ1) is 12.5. The molecule has 8 N–H and O–H groups in total. The minimum absolute atomic E-state index is 0.786. The van der Waals surface area contributed by atoms with E-state index < -0.39 is 85.0 Å². The highest BCUT2D eigenvalue weighted by Crippen LogP contribution is 2.30. The molecular formula is C12H22O14S. The van der Waals surface area contributed by atoms with E-state index >= 15 is 0 Å². The van der Waals surface area contributed by atoms with E-state index in [0.29, 0.717) is 0 Å². The molecular weight excluding hydrogens is 400 g/mol. The molecule has 0 aromatic carbocycles. The summed E-state index contributed by atoms with van der Waals surface area (Å²) in [6.45, 7) is -1.65. The third-order valence-corrected chi connectivity index (χ3v) is 4.65. The highest BCUT2D eigenvalue weighted by Gasteiger charge is 2.51. The maximum atomic E-state index is 10.9. The molecule has 14 nitrogen and oxygen atoms in total. The molecule has 2 aliphatic heterocycles. The molecule has 2 fully saturated rings. The Morgan fingerprint density at radius 2 is 1.37 bits per heavy atom. The van der Waals surface area contributed by atoms with E-state index in [1.807, 2.05) is 0 Å². The van der Waals surface area contributed by atoms with Gasteiger partial charge in [-0.05, 0) is 0 Å². The van der Waals surface area contributed by atoms with Gasteiger partial charge in [0.2, 0.25) is 0 Å². The third kappa shape index (κ3) is 5.10. The van der Waals surface area contributed by atoms with Crippen molar-refractivity contribution >= 4 is 10.4 Å². The predicted molar refractivity (Wildman–Crippen MR) is 79.0 cm³/mol. The lowest BCUT2D eigenvalue weighted by Gasteiger charge is -2.45. The molecule has 0 aromatic rings. The highest BCUT2D eigenvalue weighted by molar-refractivity contribution is 7.80. The molecule has 0 spiro atoms. The zero-order chi connectivity index (χ0) is 20.5. The van der Waals surface area contributed by atoms with Crippen molar-refractivity contribution in [2.24, 2.45) is 0 Å². The first-order valence-electron chi connectivity index (χ1n) is 7.74. The predicted octanol–water partition coefficient (Wildman–Crippen LogP) is -5.57. The Morgan fingerprint density at radius 1 is 0.778 bits per heavy atom. The van der Waals surface area contributed by atoms with E-state index in [9.17, 15) is 44.2 Å². The SMILES string of the molecule is O=S(=O)(O)O[C@H]1[C@@H](O)[C@@H](CO)O[C@@H](O[C@H]2[C@H](O)[C@@H](O)[C@@H](O)O[C@@H]2CO)[C@@H]1O. The fourth-order valence-electron chi connectivity index (χ4n) is 2.81. The van der Waals surface area contributed by atoms with Crippen molar-refractivity contribution in [2.45, 2.75) is 61.4 Å². The lowest BCUT2D eigenvalue weighted by atomic mass is 9.97. The summed E-state index contributed by atoms with van der Waals surface area (Å²) >= 11 is 0. The molecule has 0 aromatic heterocycles. The van der Waals surface area contributed by atoms with Crippen LogP contribution in [0.5, 0.6) is 0 Å². The summed E-state index contributed by atoms with van der Waals surface area (Å²) in [6, 6.07) is 0. The molecule has 2 aliphatic rings. The molecule has 0 radical (unpaired) electrons. The Bertz CT molecular complexity index is 583. The second-order valence-corrected chi connectivity index (χ2v) is 7.07. The summed E-state index contributed by atoms with van der Waals surface area (Å²) in [5, 5.41) is 67.8. The fraction of sp³-hybridized carbons (Fsp3) is 1.00. The summed E-state index contributed by atoms with van der Waals surface area (Å²) in [7, 11) is -5.12. The Kier molecular flexibility index (Phi) is 7.47. The maximum absolute atomic E-state index is 10.9. The summed E-state index contributed by atoms with van der Waals surface area (Å²) in [6.07, 6.45) is -17.8. The van der Waals surface area contributed by atoms with Crippen LogP contribution in [-0.2, 0) is 28.8 Å². The Hall–Kier alpha value is -0.530. The maximum Gasteiger partial charge on any atom is 0.397 e. The molecule has 0 unspecified atom stereocenters. The van der Waals surface area contributed by atoms with Crippen molar-refractivity contribution in [1.29, 1.82) is 0 Å². The summed E-state index contributed by atoms with van der Waals surface area (Å²) in [5.41, 5.74) is 0. The molecule has 2 saturated heterocycles. The minimum atomic E-state index is -5.12. The largest absolute Gasteiger partial charge is 0.397 e. The average molecular weight is 422 g/mol. The van der Waals surface area contributed by atoms with Gasteiger partial charge in [-0.1, -0.05) is 0 Å². The van der Waals surface area contributed by atoms with Crippen molar-refractivity contribution in [3.63, 3.8) is 0 Å². The lowest BCUT2D eigenvalue weighted by Crippen LogP contribution is -2.65. The first kappa shape index (κ1) is 22.8. The zero-order valence-corrected chi connectivity index (χ0v) is 14.4. The van der Waals surface area contributed by atoms with E-state index in [0.717, 1.165) is 0 Å². The van der Waals surface area contributed by atoms with Gasteiger partial charge in [-0.25, -0.2) is 4.18 Å². The molecule has 15 heteroatoms. The smallest absolute Gasteiger partial charge is 0.394 e. The van der Waals surface area contributed by atoms with Crippen LogP contribution in [0.1, 0.15) is 0 Å². The lowest BCUT2D eigenvalue weighted by molar-refractivity contribution is -0.353. The second kappa shape index (κ2) is 8.87. The summed E-state index contributed by atoms with van der Waals surface area (Å²) in [5.74, 6) is 0. The number of aliphatic hydroxyl groups is 7. The van der Waals surface area contributed by atoms with Crippen LogP contribution in [0.15, 0.2) is 0 Å². The molecule has 2 heterocycles. The molecule has 0 bridgehead atoms. The molecule has 27 heavy (non-hydrogen) atoms. The van der Waals surface area contributed by atoms with Crippen LogP contribution in [0.25, 0.3) is 0 Å². The fourth-order valence-corrected chi connectivity index (χ4v) is 3.32. The van der Waals surface area contributed by atoms with Crippen LogP contribution in [0.4, 0.5) is 0 Å². The van der Waals surface area contributed by atoms with E-state index in [-0.39, 0.29) is 0 Å². The minimum Gasteiger partial charge on any atom is -0.394 e. The van der Waals surface area contributed by atoms with Crippen molar-refractivity contribution in [3.05, 3.63) is 0 Å². The van der Waals surface area contributed by atoms with Crippen molar-refractivity contribution in [1.82, 2.24) is 0 Å². The first-order valence-corrected chi connectivity index (χ1v) is 9.10. The second-order valence-electron chi connectivity index (χ2n) is 6.02. The highest BCUT2D eigenvalue weighted by atomic mass is 32.3. The zero-order valence-electron chi connectivity index (χ0n) is 13.6. The average Bonchev–Trinajstić information content (AvgIpc) is 2.59. The Balaban J connectivity index is 2.22. The van der Waals surface area contributed by atoms with Gasteiger partial charge in [0.1, 0.15) is 48.8 Å². The van der Waals surface area contributed by atoms with Crippen LogP contribution < -0.4 is 0 Å². The van der Waals surface area contributed by atoms with Gasteiger partial charge in [0.15, 0.2) is 12.6 Å². The van der Waals surface area contributed by atoms with E-state index in [4.69, 9.17) is 18.8 Å². The van der Waals surface area contributed by atoms with Gasteiger partial charge in [0.05, 0.1) is 13.2 Å². The quantitative estimate of drug-likeness (QED) is 0.186. The van der Waals surface area contributed by atoms with Gasteiger partial charge in [-0.15, -0.1) is 0 Å². The topological polar surface area (TPSA) is 233 Å². The molecule has 160 valence electrons. The van der Waals surface area contributed by atoms with E-state index in [1.165, 1.54) is 0 Å². The monoisotopic (exact) mass is 422 g/mol. The Morgan fingerprint density at radius 3 is 1.89 bits per heavy atom. The van der Waals surface area contributed by atoms with Crippen LogP contribution in [0, 0.1) is 0 Å². The number of aliphatic hydroxyl groups excluding tert-OH is 7. The Labute approximate surface area is 153 Å². The van der Waals surface area contributed by atoms with E-state index in [1.54, 1.807) is 0 Å². The van der Waals surface area contributed by atoms with Crippen LogP contribution >= 0.6 is 0 Å². The number of rotatable bonds is 6. The van der Waals surface area contributed by atoms with Crippen LogP contribution in [-0.4, -0.2) is 123 Å². The van der Waals surface area contributed by atoms with E-state index in [2.05, 4.69) is 4.18 Å². The summed E-state index contributed by atoms with van der Waals surface area (Å²) in [4.78, 5) is 0. The van der Waals surface area contributed by atoms with Crippen molar-refractivity contribution in [2.75, 3.05) is 13.2 Å². The number of hydrogen-bond acceptors (Lipinski definition) is 13. The number of ether oxygens (including phenoxy) is 3. The van der Waals surface area contributed by atoms with Crippen molar-refractivity contribution in [3.8, 4) is 0 Å². The molecule has 2 rings (SSSR count). The molecule has 0 aliphatic carbocycles. The molecule has 0 amide bonds. The van der Waals surface area contributed by atoms with Gasteiger partial charge in [-0.3, -0.25) is 4.55 Å². The number of hydrogen-bond donors (Lipinski definition) is 8. The van der Waals surface area contributed by atoms with Crippen molar-refractivity contribution < 1.29 is 67.1 Å². The van der Waals surface area contributed by atoms with Crippen LogP contribution in [0.3, 0.4) is 0 Å².